The first-order chi connectivity index (χ1) is 17.3. The van der Waals surface area contributed by atoms with Crippen molar-refractivity contribution < 1.29 is 22.6 Å². The Bertz CT molecular complexity index is 1090. The van der Waals surface area contributed by atoms with Crippen LogP contribution in [0.25, 0.3) is 0 Å². The zero-order valence-corrected chi connectivity index (χ0v) is 20.9. The molecule has 6 nitrogen and oxygen atoms in total. The SMILES string of the molecule is CCCCCCOc1ccc(Nc2ncc(C(F)(F)F)c(Nc3cccc(OC(C)CC)c3)n2)cc1. The molecular formula is C27H33F3N4O2. The molecule has 1 atom stereocenters. The number of unbranched alkanes of at least 4 members (excludes halogenated alkanes) is 3. The molecule has 0 aliphatic heterocycles. The molecule has 0 amide bonds. The second kappa shape index (κ2) is 13.0. The number of rotatable bonds is 13. The molecule has 1 heterocycles. The molecule has 0 bridgehead atoms. The highest BCUT2D eigenvalue weighted by Crippen LogP contribution is 2.36. The fourth-order valence-electron chi connectivity index (χ4n) is 3.33. The highest BCUT2D eigenvalue weighted by Gasteiger charge is 2.35. The zero-order chi connectivity index (χ0) is 26.0. The van der Waals surface area contributed by atoms with Crippen molar-refractivity contribution in [2.24, 2.45) is 0 Å². The van der Waals surface area contributed by atoms with Gasteiger partial charge in [0, 0.05) is 23.6 Å². The Labute approximate surface area is 210 Å². The number of alkyl halides is 3. The summed E-state index contributed by atoms with van der Waals surface area (Å²) in [4.78, 5) is 7.98. The van der Waals surface area contributed by atoms with Crippen molar-refractivity contribution in [1.82, 2.24) is 9.97 Å². The monoisotopic (exact) mass is 502 g/mol. The standard InChI is InChI=1S/C27H33F3N4O2/c1-4-6-7-8-16-35-22-14-12-20(13-15-22)33-26-31-18-24(27(28,29)30)25(34-26)32-21-10-9-11-23(17-21)36-19(3)5-2/h9-15,17-19H,4-8,16H2,1-3H3,(H2,31,32,33,34). The molecule has 1 unspecified atom stereocenters. The molecule has 9 heteroatoms. The summed E-state index contributed by atoms with van der Waals surface area (Å²) < 4.78 is 52.4. The van der Waals surface area contributed by atoms with E-state index >= 15 is 0 Å². The molecule has 0 saturated carbocycles. The van der Waals surface area contributed by atoms with E-state index in [2.05, 4.69) is 27.5 Å². The van der Waals surface area contributed by atoms with E-state index in [0.29, 0.717) is 23.7 Å². The number of hydrogen-bond donors (Lipinski definition) is 2. The number of aromatic nitrogens is 2. The van der Waals surface area contributed by atoms with Crippen molar-refractivity contribution in [1.29, 1.82) is 0 Å². The third kappa shape index (κ3) is 8.32. The van der Waals surface area contributed by atoms with Gasteiger partial charge in [0.05, 0.1) is 12.7 Å². The quantitative estimate of drug-likeness (QED) is 0.230. The minimum Gasteiger partial charge on any atom is -0.494 e. The van der Waals surface area contributed by atoms with Crippen molar-refractivity contribution in [3.8, 4) is 11.5 Å². The predicted octanol–water partition coefficient (Wildman–Crippen LogP) is 8.12. The van der Waals surface area contributed by atoms with E-state index in [1.54, 1.807) is 48.5 Å². The molecule has 0 spiro atoms. The van der Waals surface area contributed by atoms with Crippen LogP contribution in [0.5, 0.6) is 11.5 Å². The van der Waals surface area contributed by atoms with Gasteiger partial charge >= 0.3 is 6.18 Å². The Balaban J connectivity index is 1.73. The van der Waals surface area contributed by atoms with Crippen molar-refractivity contribution >= 4 is 23.1 Å². The zero-order valence-electron chi connectivity index (χ0n) is 20.9. The average molecular weight is 503 g/mol. The molecule has 0 fully saturated rings. The lowest BCUT2D eigenvalue weighted by Gasteiger charge is -2.16. The van der Waals surface area contributed by atoms with Crippen LogP contribution in [0.2, 0.25) is 0 Å². The van der Waals surface area contributed by atoms with Crippen LogP contribution in [0, 0.1) is 0 Å². The minimum atomic E-state index is -4.62. The van der Waals surface area contributed by atoms with Crippen molar-refractivity contribution in [2.45, 2.75) is 65.2 Å². The van der Waals surface area contributed by atoms with E-state index in [0.717, 1.165) is 31.2 Å². The number of nitrogens with zero attached hydrogens (tertiary/aromatic N) is 2. The summed E-state index contributed by atoms with van der Waals surface area (Å²) in [5.41, 5.74) is 0.0857. The summed E-state index contributed by atoms with van der Waals surface area (Å²) in [5, 5.41) is 5.73. The summed E-state index contributed by atoms with van der Waals surface area (Å²) in [7, 11) is 0. The normalized spacial score (nSPS) is 12.2. The average Bonchev–Trinajstić information content (AvgIpc) is 2.84. The van der Waals surface area contributed by atoms with E-state index < -0.39 is 11.7 Å². The van der Waals surface area contributed by atoms with Gasteiger partial charge in [-0.2, -0.15) is 18.2 Å². The summed E-state index contributed by atoms with van der Waals surface area (Å²) in [6.45, 7) is 6.73. The van der Waals surface area contributed by atoms with Gasteiger partial charge in [0.2, 0.25) is 5.95 Å². The molecule has 0 aliphatic carbocycles. The molecule has 0 aliphatic rings. The third-order valence-electron chi connectivity index (χ3n) is 5.48. The van der Waals surface area contributed by atoms with Crippen molar-refractivity contribution in [3.05, 3.63) is 60.3 Å². The molecule has 3 rings (SSSR count). The van der Waals surface area contributed by atoms with E-state index in [1.807, 2.05) is 13.8 Å². The summed E-state index contributed by atoms with van der Waals surface area (Å²) in [5.74, 6) is 0.966. The van der Waals surface area contributed by atoms with Gasteiger partial charge in [-0.3, -0.25) is 0 Å². The van der Waals surface area contributed by atoms with Gasteiger partial charge in [-0.1, -0.05) is 39.2 Å². The lowest BCUT2D eigenvalue weighted by Crippen LogP contribution is -2.13. The molecule has 3 aromatic rings. The maximum atomic E-state index is 13.6. The fraction of sp³-hybridized carbons (Fsp3) is 0.407. The Morgan fingerprint density at radius 2 is 1.69 bits per heavy atom. The lowest BCUT2D eigenvalue weighted by atomic mass is 10.2. The largest absolute Gasteiger partial charge is 0.494 e. The number of hydrogen-bond acceptors (Lipinski definition) is 6. The van der Waals surface area contributed by atoms with Crippen molar-refractivity contribution in [3.63, 3.8) is 0 Å². The first kappa shape index (κ1) is 27.1. The van der Waals surface area contributed by atoms with E-state index in [1.165, 1.54) is 12.8 Å². The van der Waals surface area contributed by atoms with Gasteiger partial charge in [-0.25, -0.2) is 4.98 Å². The van der Waals surface area contributed by atoms with Crippen LogP contribution >= 0.6 is 0 Å². The maximum absolute atomic E-state index is 13.6. The molecule has 1 aromatic heterocycles. The topological polar surface area (TPSA) is 68.3 Å². The summed E-state index contributed by atoms with van der Waals surface area (Å²) >= 11 is 0. The Kier molecular flexibility index (Phi) is 9.78. The fourth-order valence-corrected chi connectivity index (χ4v) is 3.33. The van der Waals surface area contributed by atoms with Crippen LogP contribution in [0.15, 0.2) is 54.7 Å². The second-order valence-electron chi connectivity index (χ2n) is 8.50. The molecule has 2 N–H and O–H groups in total. The van der Waals surface area contributed by atoms with Gasteiger partial charge in [-0.15, -0.1) is 0 Å². The first-order valence-electron chi connectivity index (χ1n) is 12.3. The predicted molar refractivity (Wildman–Crippen MR) is 137 cm³/mol. The lowest BCUT2D eigenvalue weighted by molar-refractivity contribution is -0.137. The van der Waals surface area contributed by atoms with E-state index in [9.17, 15) is 13.2 Å². The third-order valence-corrected chi connectivity index (χ3v) is 5.48. The van der Waals surface area contributed by atoms with Crippen LogP contribution in [0.3, 0.4) is 0 Å². The van der Waals surface area contributed by atoms with Gasteiger partial charge in [0.25, 0.3) is 0 Å². The molecular weight excluding hydrogens is 469 g/mol. The van der Waals surface area contributed by atoms with Crippen LogP contribution in [0.4, 0.5) is 36.3 Å². The van der Waals surface area contributed by atoms with E-state index in [4.69, 9.17) is 9.47 Å². The van der Waals surface area contributed by atoms with Crippen molar-refractivity contribution in [2.75, 3.05) is 17.2 Å². The molecule has 2 aromatic carbocycles. The van der Waals surface area contributed by atoms with Crippen LogP contribution in [-0.4, -0.2) is 22.7 Å². The Morgan fingerprint density at radius 3 is 2.39 bits per heavy atom. The van der Waals surface area contributed by atoms with Gasteiger partial charge < -0.3 is 20.1 Å². The van der Waals surface area contributed by atoms with Gasteiger partial charge in [-0.05, 0) is 56.2 Å². The molecule has 0 radical (unpaired) electrons. The number of nitrogens with one attached hydrogen (secondary N) is 2. The van der Waals surface area contributed by atoms with E-state index in [-0.39, 0.29) is 17.9 Å². The summed E-state index contributed by atoms with van der Waals surface area (Å²) in [6, 6.07) is 13.9. The van der Waals surface area contributed by atoms with Crippen LogP contribution < -0.4 is 20.1 Å². The number of anilines is 4. The number of halogens is 3. The Hall–Kier alpha value is -3.49. The minimum absolute atomic E-state index is 0.0151. The van der Waals surface area contributed by atoms with Crippen LogP contribution in [-0.2, 0) is 6.18 Å². The number of benzene rings is 2. The summed E-state index contributed by atoms with van der Waals surface area (Å²) in [6.07, 6.45) is 1.42. The van der Waals surface area contributed by atoms with Crippen LogP contribution in [0.1, 0.15) is 58.4 Å². The van der Waals surface area contributed by atoms with Gasteiger partial charge in [0.15, 0.2) is 0 Å². The number of ether oxygens (including phenoxy) is 2. The Morgan fingerprint density at radius 1 is 0.917 bits per heavy atom. The molecule has 36 heavy (non-hydrogen) atoms. The first-order valence-corrected chi connectivity index (χ1v) is 12.3. The smallest absolute Gasteiger partial charge is 0.421 e. The highest BCUT2D eigenvalue weighted by atomic mass is 19.4. The van der Waals surface area contributed by atoms with Gasteiger partial charge in [0.1, 0.15) is 22.9 Å². The second-order valence-corrected chi connectivity index (χ2v) is 8.50. The maximum Gasteiger partial charge on any atom is 0.421 e. The molecule has 194 valence electrons. The molecule has 0 saturated heterocycles. The highest BCUT2D eigenvalue weighted by molar-refractivity contribution is 5.64.